The fraction of sp³-hybridized carbons (Fsp3) is 0.500. The molecule has 2 aromatic carbocycles. The lowest BCUT2D eigenvalue weighted by Crippen LogP contribution is -2.51. The van der Waals surface area contributed by atoms with Gasteiger partial charge in [0.25, 0.3) is 5.91 Å². The van der Waals surface area contributed by atoms with Gasteiger partial charge >= 0.3 is 11.9 Å². The summed E-state index contributed by atoms with van der Waals surface area (Å²) in [6.07, 6.45) is -0.947. The second-order valence-electron chi connectivity index (χ2n) is 11.6. The number of nitrogens with zero attached hydrogens (tertiary/aromatic N) is 1. The van der Waals surface area contributed by atoms with Crippen molar-refractivity contribution in [2.24, 2.45) is 11.8 Å². The Morgan fingerprint density at radius 1 is 0.953 bits per heavy atom. The van der Waals surface area contributed by atoms with Gasteiger partial charge in [-0.15, -0.1) is 0 Å². The normalized spacial score (nSPS) is 12.0. The molecule has 236 valence electrons. The van der Waals surface area contributed by atoms with Crippen molar-refractivity contribution in [3.63, 3.8) is 0 Å². The van der Waals surface area contributed by atoms with Crippen LogP contribution >= 0.6 is 0 Å². The largest absolute Gasteiger partial charge is 0.484 e. The number of aliphatic hydroxyl groups excluding tert-OH is 1. The van der Waals surface area contributed by atoms with E-state index >= 15 is 0 Å². The van der Waals surface area contributed by atoms with E-state index in [4.69, 9.17) is 14.2 Å². The molecule has 43 heavy (non-hydrogen) atoms. The Labute approximate surface area is 253 Å². The van der Waals surface area contributed by atoms with Gasteiger partial charge in [0.2, 0.25) is 5.91 Å². The highest BCUT2D eigenvalue weighted by atomic mass is 16.5. The van der Waals surface area contributed by atoms with E-state index in [2.05, 4.69) is 10.6 Å². The van der Waals surface area contributed by atoms with E-state index in [0.717, 1.165) is 0 Å². The fourth-order valence-corrected chi connectivity index (χ4v) is 3.57. The van der Waals surface area contributed by atoms with Crippen molar-refractivity contribution in [1.29, 1.82) is 0 Å². The lowest BCUT2D eigenvalue weighted by atomic mass is 10.0. The quantitative estimate of drug-likeness (QED) is 0.196. The molecule has 0 aliphatic rings. The van der Waals surface area contributed by atoms with E-state index in [1.165, 1.54) is 11.9 Å². The minimum Gasteiger partial charge on any atom is -0.484 e. The maximum atomic E-state index is 12.5. The number of carbonyl (C=O) groups is 4. The molecule has 0 bridgehead atoms. The highest BCUT2D eigenvalue weighted by molar-refractivity contribution is 5.85. The highest BCUT2D eigenvalue weighted by Crippen LogP contribution is 2.26. The molecule has 0 aliphatic heterocycles. The number of carbonyl (C=O) groups excluding carboxylic acids is 4. The molecule has 0 fully saturated rings. The van der Waals surface area contributed by atoms with Crippen LogP contribution in [0.1, 0.15) is 58.8 Å². The molecule has 0 aromatic heterocycles. The first-order valence-electron chi connectivity index (χ1n) is 14.3. The summed E-state index contributed by atoms with van der Waals surface area (Å²) in [5.41, 5.74) is 0.391. The van der Waals surface area contributed by atoms with Crippen LogP contribution in [0.2, 0.25) is 0 Å². The number of aliphatic hydroxyl groups is 1. The summed E-state index contributed by atoms with van der Waals surface area (Å²) in [6, 6.07) is 13.8. The zero-order valence-electron chi connectivity index (χ0n) is 26.1. The van der Waals surface area contributed by atoms with Gasteiger partial charge in [-0.25, -0.2) is 0 Å². The van der Waals surface area contributed by atoms with Crippen molar-refractivity contribution in [3.8, 4) is 11.5 Å². The predicted octanol–water partition coefficient (Wildman–Crippen LogP) is 3.00. The van der Waals surface area contributed by atoms with Crippen LogP contribution in [0.3, 0.4) is 0 Å². The van der Waals surface area contributed by atoms with Gasteiger partial charge in [-0.3, -0.25) is 19.2 Å². The van der Waals surface area contributed by atoms with E-state index < -0.39 is 23.6 Å². The zero-order valence-corrected chi connectivity index (χ0v) is 26.1. The Morgan fingerprint density at radius 3 is 2.23 bits per heavy atom. The van der Waals surface area contributed by atoms with Gasteiger partial charge < -0.3 is 34.9 Å². The van der Waals surface area contributed by atoms with Gasteiger partial charge in [0.1, 0.15) is 18.1 Å². The van der Waals surface area contributed by atoms with Crippen LogP contribution in [0.15, 0.2) is 48.5 Å². The maximum Gasteiger partial charge on any atom is 0.313 e. The summed E-state index contributed by atoms with van der Waals surface area (Å²) in [5.74, 6) is -1.33. The molecule has 2 amide bonds. The van der Waals surface area contributed by atoms with E-state index in [9.17, 15) is 24.3 Å². The first kappa shape index (κ1) is 35.2. The number of esters is 2. The van der Waals surface area contributed by atoms with Crippen molar-refractivity contribution in [3.05, 3.63) is 59.7 Å². The van der Waals surface area contributed by atoms with Gasteiger partial charge in [-0.2, -0.15) is 0 Å². The number of para-hydroxylation sites is 1. The number of likely N-dealkylation sites (N-methyl/N-ethyl adjacent to an activating group) is 1. The number of hydrogen-bond acceptors (Lipinski definition) is 9. The number of benzene rings is 2. The monoisotopic (exact) mass is 599 g/mol. The average molecular weight is 600 g/mol. The van der Waals surface area contributed by atoms with Crippen LogP contribution in [-0.2, 0) is 30.5 Å². The minimum absolute atomic E-state index is 0.113. The third-order valence-corrected chi connectivity index (χ3v) is 6.41. The first-order chi connectivity index (χ1) is 20.2. The van der Waals surface area contributed by atoms with Crippen LogP contribution in [0.4, 0.5) is 0 Å². The van der Waals surface area contributed by atoms with Crippen molar-refractivity contribution in [2.75, 3.05) is 33.3 Å². The average Bonchev–Trinajstić information content (AvgIpc) is 2.97. The van der Waals surface area contributed by atoms with Crippen LogP contribution in [0.25, 0.3) is 0 Å². The van der Waals surface area contributed by atoms with Gasteiger partial charge in [0.05, 0.1) is 24.5 Å². The smallest absolute Gasteiger partial charge is 0.313 e. The summed E-state index contributed by atoms with van der Waals surface area (Å²) >= 11 is 0. The molecule has 1 atom stereocenters. The van der Waals surface area contributed by atoms with Crippen LogP contribution in [-0.4, -0.2) is 72.6 Å². The molecule has 1 unspecified atom stereocenters. The van der Waals surface area contributed by atoms with Gasteiger partial charge in [0.15, 0.2) is 6.61 Å². The molecule has 0 spiro atoms. The van der Waals surface area contributed by atoms with Gasteiger partial charge in [-0.05, 0) is 43.7 Å². The topological polar surface area (TPSA) is 144 Å². The van der Waals surface area contributed by atoms with Crippen LogP contribution < -0.4 is 20.1 Å². The molecular formula is C32H45N3O8. The second kappa shape index (κ2) is 16.6. The van der Waals surface area contributed by atoms with Crippen molar-refractivity contribution in [1.82, 2.24) is 15.5 Å². The Kier molecular flexibility index (Phi) is 13.6. The third-order valence-electron chi connectivity index (χ3n) is 6.41. The van der Waals surface area contributed by atoms with Gasteiger partial charge in [0, 0.05) is 31.2 Å². The first-order valence-corrected chi connectivity index (χ1v) is 14.3. The molecule has 11 nitrogen and oxygen atoms in total. The number of ether oxygens (including phenoxy) is 3. The molecule has 2 rings (SSSR count). The maximum absolute atomic E-state index is 12.5. The number of nitrogens with one attached hydrogen (secondary N) is 2. The second-order valence-corrected chi connectivity index (χ2v) is 11.6. The molecule has 0 saturated carbocycles. The molecule has 11 heteroatoms. The molecule has 3 N–H and O–H groups in total. The van der Waals surface area contributed by atoms with E-state index in [0.29, 0.717) is 16.9 Å². The van der Waals surface area contributed by atoms with Gasteiger partial charge in [-0.1, -0.05) is 52.0 Å². The van der Waals surface area contributed by atoms with Crippen molar-refractivity contribution >= 4 is 23.8 Å². The summed E-state index contributed by atoms with van der Waals surface area (Å²) in [7, 11) is 1.53. The van der Waals surface area contributed by atoms with Crippen molar-refractivity contribution in [2.45, 2.75) is 59.8 Å². The number of amides is 2. The van der Waals surface area contributed by atoms with Crippen LogP contribution in [0, 0.1) is 11.8 Å². The summed E-state index contributed by atoms with van der Waals surface area (Å²) in [4.78, 5) is 50.3. The van der Waals surface area contributed by atoms with E-state index in [1.807, 2.05) is 19.9 Å². The summed E-state index contributed by atoms with van der Waals surface area (Å²) in [5, 5.41) is 17.0. The third kappa shape index (κ3) is 12.4. The molecular weight excluding hydrogens is 554 g/mol. The Hall–Kier alpha value is -3.96. The predicted molar refractivity (Wildman–Crippen MR) is 161 cm³/mol. The highest BCUT2D eigenvalue weighted by Gasteiger charge is 2.23. The molecule has 0 saturated heterocycles. The Bertz CT molecular complexity index is 1230. The lowest BCUT2D eigenvalue weighted by molar-refractivity contribution is -0.148. The van der Waals surface area contributed by atoms with Crippen LogP contribution in [0.5, 0.6) is 11.5 Å². The molecule has 2 aromatic rings. The molecule has 0 heterocycles. The minimum atomic E-state index is -0.947. The lowest BCUT2D eigenvalue weighted by Gasteiger charge is -2.29. The summed E-state index contributed by atoms with van der Waals surface area (Å²) < 4.78 is 16.3. The zero-order chi connectivity index (χ0) is 32.2. The Morgan fingerprint density at radius 2 is 1.60 bits per heavy atom. The molecule has 0 radical (unpaired) electrons. The molecule has 0 aliphatic carbocycles. The van der Waals surface area contributed by atoms with E-state index in [1.54, 1.807) is 70.2 Å². The standard InChI is InChI=1S/C32H45N3O8/c1-21(2)30(39)42-18-24-15-23(13-14-27(24)43-31(40)22(3)4)26(36)16-34-32(5,6)20-33-28(37)17-35(7)29(38)19-41-25-11-9-8-10-12-25/h8-15,21-22,26,34,36H,16-20H2,1-7H3,(H,33,37). The van der Waals surface area contributed by atoms with Crippen molar-refractivity contribution < 1.29 is 38.5 Å². The van der Waals surface area contributed by atoms with E-state index in [-0.39, 0.29) is 62.2 Å². The Balaban J connectivity index is 1.91. The SMILES string of the molecule is CC(C)C(=O)OCc1cc(C(O)CNC(C)(C)CNC(=O)CN(C)C(=O)COc2ccccc2)ccc1OC(=O)C(C)C. The number of rotatable bonds is 16. The fourth-order valence-electron chi connectivity index (χ4n) is 3.57. The number of hydrogen-bond donors (Lipinski definition) is 3. The summed E-state index contributed by atoms with van der Waals surface area (Å²) in [6.45, 7) is 10.6. The number of β-amino-alcohol motifs (C(OH)–C–C–N with tert-alkyl or cyclic N) is 1.